The molecule has 1 aromatic heterocycles. The van der Waals surface area contributed by atoms with E-state index in [1.807, 2.05) is 78.9 Å². The van der Waals surface area contributed by atoms with Gasteiger partial charge in [-0.3, -0.25) is 0 Å². The number of rotatable bonds is 3. The number of pyridine rings is 1. The van der Waals surface area contributed by atoms with Crippen LogP contribution < -0.4 is 9.47 Å². The fraction of sp³-hybridized carbons (Fsp3) is 0.0417. The second kappa shape index (κ2) is 7.43. The van der Waals surface area contributed by atoms with Crippen molar-refractivity contribution in [2.45, 2.75) is 0 Å². The van der Waals surface area contributed by atoms with Gasteiger partial charge in [-0.2, -0.15) is 0 Å². The summed E-state index contributed by atoms with van der Waals surface area (Å²) in [6.45, 7) is 0.216. The highest BCUT2D eigenvalue weighted by Gasteiger charge is 2.17. The van der Waals surface area contributed by atoms with Gasteiger partial charge in [0.15, 0.2) is 11.5 Å². The van der Waals surface area contributed by atoms with Crippen LogP contribution in [0.25, 0.3) is 34.3 Å². The Morgan fingerprint density at radius 3 is 2.24 bits per heavy atom. The van der Waals surface area contributed by atoms with Gasteiger partial charge in [-0.05, 0) is 35.4 Å². The van der Waals surface area contributed by atoms with Crippen LogP contribution in [-0.2, 0) is 0 Å². The Kier molecular flexibility index (Phi) is 4.62. The summed E-state index contributed by atoms with van der Waals surface area (Å²) >= 11 is 12.7. The van der Waals surface area contributed by atoms with Crippen LogP contribution in [-0.4, -0.2) is 11.8 Å². The van der Waals surface area contributed by atoms with Crippen molar-refractivity contribution in [3.05, 3.63) is 87.9 Å². The molecular formula is C24H15Cl2NO2. The van der Waals surface area contributed by atoms with Crippen molar-refractivity contribution >= 4 is 46.3 Å². The summed E-state index contributed by atoms with van der Waals surface area (Å²) in [7, 11) is 0. The van der Waals surface area contributed by atoms with Gasteiger partial charge in [0.1, 0.15) is 0 Å². The van der Waals surface area contributed by atoms with Crippen LogP contribution in [0.4, 0.5) is 0 Å². The van der Waals surface area contributed by atoms with Crippen molar-refractivity contribution in [3.63, 3.8) is 0 Å². The summed E-state index contributed by atoms with van der Waals surface area (Å²) in [6.07, 6.45) is 4.03. The van der Waals surface area contributed by atoms with Gasteiger partial charge in [0.2, 0.25) is 6.79 Å². The van der Waals surface area contributed by atoms with E-state index in [2.05, 4.69) is 0 Å². The van der Waals surface area contributed by atoms with Crippen molar-refractivity contribution in [1.82, 2.24) is 4.98 Å². The van der Waals surface area contributed by atoms with Gasteiger partial charge in [-0.15, -0.1) is 0 Å². The topological polar surface area (TPSA) is 31.4 Å². The minimum atomic E-state index is 0.216. The summed E-state index contributed by atoms with van der Waals surface area (Å²) in [6, 6.07) is 21.3. The van der Waals surface area contributed by atoms with Gasteiger partial charge in [-0.1, -0.05) is 71.8 Å². The maximum atomic E-state index is 6.43. The zero-order valence-corrected chi connectivity index (χ0v) is 16.7. The zero-order chi connectivity index (χ0) is 19.8. The van der Waals surface area contributed by atoms with Gasteiger partial charge in [0.25, 0.3) is 0 Å². The molecule has 0 aliphatic carbocycles. The Morgan fingerprint density at radius 1 is 0.759 bits per heavy atom. The lowest BCUT2D eigenvalue weighted by Crippen LogP contribution is -1.92. The Labute approximate surface area is 178 Å². The maximum Gasteiger partial charge on any atom is 0.231 e. The van der Waals surface area contributed by atoms with Crippen LogP contribution in [0.2, 0.25) is 10.0 Å². The molecule has 142 valence electrons. The summed E-state index contributed by atoms with van der Waals surface area (Å²) in [4.78, 5) is 4.84. The van der Waals surface area contributed by atoms with E-state index in [1.165, 1.54) is 0 Å². The molecule has 0 amide bonds. The molecule has 5 rings (SSSR count). The van der Waals surface area contributed by atoms with E-state index < -0.39 is 0 Å². The highest BCUT2D eigenvalue weighted by Crippen LogP contribution is 2.39. The van der Waals surface area contributed by atoms with Gasteiger partial charge in [0.05, 0.1) is 11.2 Å². The molecule has 0 atom stereocenters. The van der Waals surface area contributed by atoms with E-state index in [9.17, 15) is 0 Å². The molecule has 0 N–H and O–H groups in total. The standard InChI is InChI=1S/C24H15Cl2NO2/c25-19-7-3-1-5-15(19)9-10-16-11-21(17-6-2-4-8-20(17)26)27-22-13-24-23(12-18(16)22)28-14-29-24/h1-13H,14H2. The highest BCUT2D eigenvalue weighted by molar-refractivity contribution is 6.33. The number of halogens is 2. The van der Waals surface area contributed by atoms with E-state index >= 15 is 0 Å². The highest BCUT2D eigenvalue weighted by atomic mass is 35.5. The summed E-state index contributed by atoms with van der Waals surface area (Å²) < 4.78 is 11.1. The van der Waals surface area contributed by atoms with E-state index in [0.29, 0.717) is 15.8 Å². The zero-order valence-electron chi connectivity index (χ0n) is 15.2. The van der Waals surface area contributed by atoms with Crippen molar-refractivity contribution in [1.29, 1.82) is 0 Å². The SMILES string of the molecule is Clc1ccccc1C=Cc1cc(-c2ccccc2Cl)nc2cc3c(cc12)OCO3. The molecule has 0 saturated carbocycles. The molecule has 0 fully saturated rings. The van der Waals surface area contributed by atoms with Crippen LogP contribution in [0.15, 0.2) is 66.7 Å². The first-order chi connectivity index (χ1) is 14.2. The summed E-state index contributed by atoms with van der Waals surface area (Å²) in [5, 5.41) is 2.32. The van der Waals surface area contributed by atoms with E-state index in [1.54, 1.807) is 0 Å². The van der Waals surface area contributed by atoms with Crippen LogP contribution in [0.5, 0.6) is 11.5 Å². The molecule has 0 unspecified atom stereocenters. The number of fused-ring (bicyclic) bond motifs is 2. The van der Waals surface area contributed by atoms with Gasteiger partial charge < -0.3 is 9.47 Å². The predicted octanol–water partition coefficient (Wildman–Crippen LogP) is 7.11. The van der Waals surface area contributed by atoms with Crippen molar-refractivity contribution in [2.24, 2.45) is 0 Å². The van der Waals surface area contributed by atoms with Crippen LogP contribution in [0.3, 0.4) is 0 Å². The number of benzene rings is 3. The van der Waals surface area contributed by atoms with E-state index in [-0.39, 0.29) is 6.79 Å². The molecule has 0 saturated heterocycles. The van der Waals surface area contributed by atoms with E-state index in [0.717, 1.165) is 39.0 Å². The lowest BCUT2D eigenvalue weighted by atomic mass is 10.0. The first-order valence-electron chi connectivity index (χ1n) is 9.11. The van der Waals surface area contributed by atoms with Gasteiger partial charge in [-0.25, -0.2) is 4.98 Å². The first-order valence-corrected chi connectivity index (χ1v) is 9.86. The molecule has 1 aliphatic rings. The number of hydrogen-bond acceptors (Lipinski definition) is 3. The second-order valence-corrected chi connectivity index (χ2v) is 7.47. The lowest BCUT2D eigenvalue weighted by molar-refractivity contribution is 0.174. The molecular weight excluding hydrogens is 405 g/mol. The first kappa shape index (κ1) is 18.0. The Balaban J connectivity index is 1.72. The third-order valence-electron chi connectivity index (χ3n) is 4.83. The number of aromatic nitrogens is 1. The number of hydrogen-bond donors (Lipinski definition) is 0. The monoisotopic (exact) mass is 419 g/mol. The number of ether oxygens (including phenoxy) is 2. The average Bonchev–Trinajstić information content (AvgIpc) is 3.19. The quantitative estimate of drug-likeness (QED) is 0.354. The molecule has 3 nitrogen and oxygen atoms in total. The molecule has 3 aromatic carbocycles. The molecule has 0 radical (unpaired) electrons. The number of nitrogens with zero attached hydrogens (tertiary/aromatic N) is 1. The smallest absolute Gasteiger partial charge is 0.231 e. The molecule has 29 heavy (non-hydrogen) atoms. The predicted molar refractivity (Wildman–Crippen MR) is 119 cm³/mol. The second-order valence-electron chi connectivity index (χ2n) is 6.65. The minimum absolute atomic E-state index is 0.216. The van der Waals surface area contributed by atoms with Crippen LogP contribution in [0, 0.1) is 0 Å². The molecule has 2 heterocycles. The Bertz CT molecular complexity index is 1270. The summed E-state index contributed by atoms with van der Waals surface area (Å²) in [5.74, 6) is 1.42. The van der Waals surface area contributed by atoms with Gasteiger partial charge >= 0.3 is 0 Å². The maximum absolute atomic E-state index is 6.43. The largest absolute Gasteiger partial charge is 0.454 e. The fourth-order valence-electron chi connectivity index (χ4n) is 3.38. The Morgan fingerprint density at radius 2 is 1.45 bits per heavy atom. The minimum Gasteiger partial charge on any atom is -0.454 e. The summed E-state index contributed by atoms with van der Waals surface area (Å²) in [5.41, 5.74) is 4.41. The molecule has 1 aliphatic heterocycles. The third-order valence-corrected chi connectivity index (χ3v) is 5.51. The molecule has 5 heteroatoms. The molecule has 0 spiro atoms. The van der Waals surface area contributed by atoms with Crippen molar-refractivity contribution in [3.8, 4) is 22.8 Å². The molecule has 4 aromatic rings. The van der Waals surface area contributed by atoms with Crippen LogP contribution >= 0.6 is 23.2 Å². The van der Waals surface area contributed by atoms with Crippen molar-refractivity contribution in [2.75, 3.05) is 6.79 Å². The van der Waals surface area contributed by atoms with Gasteiger partial charge in [0, 0.05) is 27.1 Å². The third kappa shape index (κ3) is 3.44. The lowest BCUT2D eigenvalue weighted by Gasteiger charge is -2.10. The average molecular weight is 420 g/mol. The van der Waals surface area contributed by atoms with Crippen LogP contribution in [0.1, 0.15) is 11.1 Å². The normalized spacial score (nSPS) is 12.8. The Hall–Kier alpha value is -3.01. The molecule has 0 bridgehead atoms. The van der Waals surface area contributed by atoms with Crippen molar-refractivity contribution < 1.29 is 9.47 Å². The van der Waals surface area contributed by atoms with E-state index in [4.69, 9.17) is 37.7 Å². The fourth-order valence-corrected chi connectivity index (χ4v) is 3.81.